The molecular formula is C12H7I2. The molecule has 0 N–H and O–H groups in total. The molecule has 2 rings (SSSR count). The highest BCUT2D eigenvalue weighted by molar-refractivity contribution is 14.1. The van der Waals surface area contributed by atoms with Gasteiger partial charge in [0.2, 0.25) is 0 Å². The van der Waals surface area contributed by atoms with Crippen molar-refractivity contribution in [2.75, 3.05) is 0 Å². The van der Waals surface area contributed by atoms with E-state index in [9.17, 15) is 0 Å². The third-order valence-corrected chi connectivity index (χ3v) is 3.27. The van der Waals surface area contributed by atoms with E-state index in [0.717, 1.165) is 3.57 Å². The Morgan fingerprint density at radius 3 is 2.43 bits per heavy atom. The molecule has 0 saturated carbocycles. The second-order valence-electron chi connectivity index (χ2n) is 2.94. The maximum atomic E-state index is 3.20. The molecule has 14 heavy (non-hydrogen) atoms. The maximum Gasteiger partial charge on any atom is 0.0209 e. The fourth-order valence-corrected chi connectivity index (χ4v) is 2.13. The van der Waals surface area contributed by atoms with Crippen LogP contribution in [0.2, 0.25) is 0 Å². The lowest BCUT2D eigenvalue weighted by molar-refractivity contribution is 1.56. The molecule has 0 aliphatic carbocycles. The summed E-state index contributed by atoms with van der Waals surface area (Å²) >= 11 is 4.59. The van der Waals surface area contributed by atoms with Crippen LogP contribution in [-0.4, -0.2) is 0 Å². The van der Waals surface area contributed by atoms with E-state index in [4.69, 9.17) is 0 Å². The quantitative estimate of drug-likeness (QED) is 0.619. The van der Waals surface area contributed by atoms with Crippen molar-refractivity contribution >= 4 is 45.2 Å². The van der Waals surface area contributed by atoms with E-state index >= 15 is 0 Å². The fraction of sp³-hybridized carbons (Fsp3) is 0. The van der Waals surface area contributed by atoms with Crippen LogP contribution in [0.15, 0.2) is 42.5 Å². The predicted octanol–water partition coefficient (Wildman–Crippen LogP) is 4.36. The third kappa shape index (κ3) is 2.48. The van der Waals surface area contributed by atoms with Gasteiger partial charge in [-0.3, -0.25) is 0 Å². The van der Waals surface area contributed by atoms with Crippen molar-refractivity contribution in [3.8, 4) is 11.1 Å². The van der Waals surface area contributed by atoms with Gasteiger partial charge in [0, 0.05) is 7.14 Å². The van der Waals surface area contributed by atoms with Crippen LogP contribution in [0.3, 0.4) is 0 Å². The molecule has 69 valence electrons. The molecule has 0 spiro atoms. The highest BCUT2D eigenvalue weighted by Crippen LogP contribution is 2.21. The van der Waals surface area contributed by atoms with Gasteiger partial charge in [-0.1, -0.05) is 18.2 Å². The molecule has 0 fully saturated rings. The van der Waals surface area contributed by atoms with Gasteiger partial charge >= 0.3 is 0 Å². The van der Waals surface area contributed by atoms with Crippen molar-refractivity contribution in [3.05, 3.63) is 55.7 Å². The van der Waals surface area contributed by atoms with Crippen LogP contribution in [-0.2, 0) is 0 Å². The molecule has 0 aromatic heterocycles. The average molecular weight is 405 g/mol. The molecule has 0 aliphatic heterocycles. The summed E-state index contributed by atoms with van der Waals surface area (Å²) in [5.74, 6) is 0. The number of rotatable bonds is 1. The highest BCUT2D eigenvalue weighted by Gasteiger charge is 1.97. The summed E-state index contributed by atoms with van der Waals surface area (Å²) in [6, 6.07) is 17.9. The van der Waals surface area contributed by atoms with Crippen LogP contribution in [0.4, 0.5) is 0 Å². The zero-order chi connectivity index (χ0) is 9.97. The predicted molar refractivity (Wildman–Crippen MR) is 76.1 cm³/mol. The average Bonchev–Trinajstić information content (AvgIpc) is 2.19. The van der Waals surface area contributed by atoms with E-state index in [0.29, 0.717) is 0 Å². The van der Waals surface area contributed by atoms with Gasteiger partial charge in [-0.15, -0.1) is 0 Å². The van der Waals surface area contributed by atoms with Gasteiger partial charge in [-0.05, 0) is 86.6 Å². The van der Waals surface area contributed by atoms with E-state index in [1.54, 1.807) is 0 Å². The molecule has 0 atom stereocenters. The number of benzene rings is 2. The van der Waals surface area contributed by atoms with Crippen LogP contribution >= 0.6 is 45.2 Å². The maximum absolute atomic E-state index is 3.20. The van der Waals surface area contributed by atoms with E-state index in [2.05, 4.69) is 87.6 Å². The normalized spacial score (nSPS) is 10.1. The number of hydrogen-bond acceptors (Lipinski definition) is 0. The largest absolute Gasteiger partial charge is 0.0606 e. The molecular weight excluding hydrogens is 398 g/mol. The second-order valence-corrected chi connectivity index (χ2v) is 5.34. The summed E-state index contributed by atoms with van der Waals surface area (Å²) in [5.41, 5.74) is 2.48. The standard InChI is InChI=1S/C12H7I2/c13-11-6-4-9(5-7-11)10-2-1-3-12(14)8-10/h1-6,8H. The molecule has 0 unspecified atom stereocenters. The van der Waals surface area contributed by atoms with Crippen molar-refractivity contribution < 1.29 is 0 Å². The lowest BCUT2D eigenvalue weighted by Gasteiger charge is -2.01. The molecule has 1 radical (unpaired) electrons. The van der Waals surface area contributed by atoms with E-state index in [1.165, 1.54) is 14.7 Å². The molecule has 2 aromatic carbocycles. The van der Waals surface area contributed by atoms with E-state index in [1.807, 2.05) is 6.07 Å². The Balaban J connectivity index is 2.44. The van der Waals surface area contributed by atoms with Crippen LogP contribution in [0.5, 0.6) is 0 Å². The van der Waals surface area contributed by atoms with Crippen molar-refractivity contribution in [1.29, 1.82) is 0 Å². The Labute approximate surface area is 111 Å². The molecule has 0 nitrogen and oxygen atoms in total. The van der Waals surface area contributed by atoms with E-state index in [-0.39, 0.29) is 0 Å². The summed E-state index contributed by atoms with van der Waals surface area (Å²) in [6.07, 6.45) is 0. The molecule has 0 amide bonds. The van der Waals surface area contributed by atoms with Crippen LogP contribution in [0.1, 0.15) is 0 Å². The van der Waals surface area contributed by atoms with Gasteiger partial charge in [0.25, 0.3) is 0 Å². The first-order valence-electron chi connectivity index (χ1n) is 4.19. The Kier molecular flexibility index (Phi) is 3.43. The molecule has 2 heteroatoms. The van der Waals surface area contributed by atoms with Crippen LogP contribution < -0.4 is 0 Å². The molecule has 0 saturated heterocycles. The molecule has 0 bridgehead atoms. The highest BCUT2D eigenvalue weighted by atomic mass is 127. The second kappa shape index (κ2) is 4.61. The van der Waals surface area contributed by atoms with Crippen LogP contribution in [0.25, 0.3) is 11.1 Å². The van der Waals surface area contributed by atoms with Gasteiger partial charge in [0.05, 0.1) is 0 Å². The van der Waals surface area contributed by atoms with E-state index < -0.39 is 0 Å². The Morgan fingerprint density at radius 2 is 1.79 bits per heavy atom. The zero-order valence-electron chi connectivity index (χ0n) is 7.30. The first kappa shape index (κ1) is 10.4. The molecule has 0 aliphatic rings. The summed E-state index contributed by atoms with van der Waals surface area (Å²) in [5, 5.41) is 0. The van der Waals surface area contributed by atoms with Crippen molar-refractivity contribution in [3.63, 3.8) is 0 Å². The third-order valence-electron chi connectivity index (χ3n) is 1.93. The zero-order valence-corrected chi connectivity index (χ0v) is 11.6. The first-order valence-corrected chi connectivity index (χ1v) is 6.34. The van der Waals surface area contributed by atoms with Gasteiger partial charge in [-0.25, -0.2) is 0 Å². The lowest BCUT2D eigenvalue weighted by Crippen LogP contribution is -1.79. The van der Waals surface area contributed by atoms with Gasteiger partial charge in [0.1, 0.15) is 0 Å². The van der Waals surface area contributed by atoms with Crippen LogP contribution in [0, 0.1) is 13.2 Å². The van der Waals surface area contributed by atoms with Crippen molar-refractivity contribution in [2.24, 2.45) is 0 Å². The number of hydrogen-bond donors (Lipinski definition) is 0. The van der Waals surface area contributed by atoms with Crippen molar-refractivity contribution in [1.82, 2.24) is 0 Å². The molecule has 0 heterocycles. The first-order chi connectivity index (χ1) is 6.75. The Hall–Kier alpha value is -0.100. The summed E-state index contributed by atoms with van der Waals surface area (Å²) in [7, 11) is 0. The van der Waals surface area contributed by atoms with Gasteiger partial charge < -0.3 is 0 Å². The minimum atomic E-state index is 1.15. The monoisotopic (exact) mass is 405 g/mol. The molecule has 2 aromatic rings. The number of halogens is 2. The minimum absolute atomic E-state index is 1.15. The minimum Gasteiger partial charge on any atom is -0.0606 e. The van der Waals surface area contributed by atoms with Crippen molar-refractivity contribution in [2.45, 2.75) is 0 Å². The Bertz CT molecular complexity index is 432. The summed E-state index contributed by atoms with van der Waals surface area (Å²) < 4.78 is 2.41. The van der Waals surface area contributed by atoms with Gasteiger partial charge in [-0.2, -0.15) is 0 Å². The summed E-state index contributed by atoms with van der Waals surface area (Å²) in [6.45, 7) is 0. The lowest BCUT2D eigenvalue weighted by atomic mass is 10.1. The topological polar surface area (TPSA) is 0 Å². The smallest absolute Gasteiger partial charge is 0.0209 e. The van der Waals surface area contributed by atoms with Gasteiger partial charge in [0.15, 0.2) is 0 Å². The SMILES string of the molecule is Ic1[c]cc(-c2cccc(I)c2)cc1. The Morgan fingerprint density at radius 1 is 0.929 bits per heavy atom. The fourth-order valence-electron chi connectivity index (χ4n) is 1.25. The summed E-state index contributed by atoms with van der Waals surface area (Å²) in [4.78, 5) is 0.